The third-order valence-corrected chi connectivity index (χ3v) is 5.97. The van der Waals surface area contributed by atoms with Gasteiger partial charge in [0.2, 0.25) is 0 Å². The lowest BCUT2D eigenvalue weighted by molar-refractivity contribution is -0.892. The lowest BCUT2D eigenvalue weighted by Gasteiger charge is -2.38. The Labute approximate surface area is 158 Å². The van der Waals surface area contributed by atoms with Crippen molar-refractivity contribution in [2.24, 2.45) is 0 Å². The maximum atomic E-state index is 12.8. The van der Waals surface area contributed by atoms with Gasteiger partial charge in [0.25, 0.3) is 0 Å². The van der Waals surface area contributed by atoms with Crippen LogP contribution in [0.1, 0.15) is 6.92 Å². The van der Waals surface area contributed by atoms with Crippen molar-refractivity contribution in [3.8, 4) is 0 Å². The van der Waals surface area contributed by atoms with E-state index in [0.29, 0.717) is 6.04 Å². The van der Waals surface area contributed by atoms with Crippen LogP contribution in [-0.2, 0) is 10.8 Å². The molecule has 0 bridgehead atoms. The van der Waals surface area contributed by atoms with Gasteiger partial charge in [-0.2, -0.15) is 0 Å². The highest BCUT2D eigenvalue weighted by Gasteiger charge is 2.31. The van der Waals surface area contributed by atoms with Crippen molar-refractivity contribution in [1.82, 2.24) is 0 Å². The number of anilines is 2. The van der Waals surface area contributed by atoms with Gasteiger partial charge in [0.1, 0.15) is 6.04 Å². The molecule has 3 nitrogen and oxygen atoms in total. The molecule has 0 saturated carbocycles. The number of hydrogen-bond acceptors (Lipinski definition) is 2. The van der Waals surface area contributed by atoms with E-state index < -0.39 is 10.8 Å². The normalized spacial score (nSPS) is 15.4. The second-order valence-corrected chi connectivity index (χ2v) is 8.20. The van der Waals surface area contributed by atoms with Crippen molar-refractivity contribution in [1.29, 1.82) is 0 Å². The molecule has 23 heavy (non-hydrogen) atoms. The Morgan fingerprint density at radius 3 is 1.83 bits per heavy atom. The molecule has 1 unspecified atom stereocenters. The molecule has 1 aliphatic rings. The lowest BCUT2D eigenvalue weighted by atomic mass is 10.1. The molecule has 0 radical (unpaired) electrons. The van der Waals surface area contributed by atoms with Crippen LogP contribution in [0.15, 0.2) is 58.3 Å². The maximum absolute atomic E-state index is 12.8. The van der Waals surface area contributed by atoms with Crippen LogP contribution < -0.4 is 28.9 Å². The van der Waals surface area contributed by atoms with Crippen molar-refractivity contribution in [3.63, 3.8) is 0 Å². The number of hydrogen-bond donors (Lipinski definition) is 0. The molecule has 0 N–H and O–H groups in total. The summed E-state index contributed by atoms with van der Waals surface area (Å²) in [6.07, 6.45) is 0. The fourth-order valence-electron chi connectivity index (χ4n) is 2.63. The van der Waals surface area contributed by atoms with Gasteiger partial charge in [-0.05, 0) is 31.2 Å². The van der Waals surface area contributed by atoms with Crippen LogP contribution in [-0.4, -0.2) is 42.4 Å². The van der Waals surface area contributed by atoms with E-state index in [1.54, 1.807) is 0 Å². The molecular formula is C18H23IN2OS. The lowest BCUT2D eigenvalue weighted by Crippen LogP contribution is -3.00. The number of rotatable bonds is 3. The summed E-state index contributed by atoms with van der Waals surface area (Å²) in [6, 6.07) is 16.5. The molecule has 0 aromatic heterocycles. The zero-order valence-electron chi connectivity index (χ0n) is 14.0. The Morgan fingerprint density at radius 1 is 0.957 bits per heavy atom. The topological polar surface area (TPSA) is 20.3 Å². The quantitative estimate of drug-likeness (QED) is 0.507. The smallest absolute Gasteiger partial charge is 0.104 e. The van der Waals surface area contributed by atoms with Crippen LogP contribution >= 0.6 is 0 Å². The molecule has 5 heteroatoms. The van der Waals surface area contributed by atoms with Crippen LogP contribution in [0.2, 0.25) is 0 Å². The third kappa shape index (κ3) is 3.46. The Hall–Kier alpha value is -0.920. The average Bonchev–Trinajstić information content (AvgIpc) is 2.50. The molecule has 3 rings (SSSR count). The summed E-state index contributed by atoms with van der Waals surface area (Å²) in [5.41, 5.74) is 2.14. The summed E-state index contributed by atoms with van der Waals surface area (Å²) >= 11 is 0. The summed E-state index contributed by atoms with van der Waals surface area (Å²) in [4.78, 5) is 4.14. The predicted octanol–water partition coefficient (Wildman–Crippen LogP) is 0.404. The highest BCUT2D eigenvalue weighted by molar-refractivity contribution is 7.85. The first-order valence-electron chi connectivity index (χ1n) is 7.58. The first kappa shape index (κ1) is 18.4. The van der Waals surface area contributed by atoms with Gasteiger partial charge in [0.05, 0.1) is 59.7 Å². The minimum absolute atomic E-state index is 0. The Kier molecular flexibility index (Phi) is 5.53. The van der Waals surface area contributed by atoms with Gasteiger partial charge >= 0.3 is 0 Å². The zero-order valence-corrected chi connectivity index (χ0v) is 17.0. The first-order valence-corrected chi connectivity index (χ1v) is 8.73. The predicted molar refractivity (Wildman–Crippen MR) is 92.1 cm³/mol. The summed E-state index contributed by atoms with van der Waals surface area (Å²) < 4.78 is 13.7. The summed E-state index contributed by atoms with van der Waals surface area (Å²) in [7, 11) is 5.55. The number of fused-ring (bicyclic) bond motifs is 2. The van der Waals surface area contributed by atoms with Crippen LogP contribution in [0, 0.1) is 0 Å². The second kappa shape index (κ2) is 6.91. The average molecular weight is 442 g/mol. The van der Waals surface area contributed by atoms with Gasteiger partial charge in [-0.1, -0.05) is 24.3 Å². The van der Waals surface area contributed by atoms with E-state index in [-0.39, 0.29) is 24.0 Å². The monoisotopic (exact) mass is 442 g/mol. The van der Waals surface area contributed by atoms with Crippen LogP contribution in [0.25, 0.3) is 0 Å². The molecule has 0 spiro atoms. The highest BCUT2D eigenvalue weighted by atomic mass is 127. The van der Waals surface area contributed by atoms with E-state index in [9.17, 15) is 4.21 Å². The van der Waals surface area contributed by atoms with Crippen LogP contribution in [0.5, 0.6) is 0 Å². The fourth-order valence-corrected chi connectivity index (χ4v) is 4.01. The molecule has 0 aliphatic carbocycles. The number of likely N-dealkylation sites (N-methyl/N-ethyl adjacent to an activating group) is 1. The van der Waals surface area contributed by atoms with Crippen molar-refractivity contribution in [2.45, 2.75) is 22.8 Å². The van der Waals surface area contributed by atoms with Crippen molar-refractivity contribution in [2.75, 3.05) is 32.6 Å². The van der Waals surface area contributed by atoms with Gasteiger partial charge in [0.15, 0.2) is 0 Å². The number of quaternary nitrogens is 1. The highest BCUT2D eigenvalue weighted by Crippen LogP contribution is 2.41. The van der Waals surface area contributed by atoms with Crippen molar-refractivity contribution in [3.05, 3.63) is 48.5 Å². The van der Waals surface area contributed by atoms with Gasteiger partial charge in [0, 0.05) is 0 Å². The van der Waals surface area contributed by atoms with E-state index in [4.69, 9.17) is 0 Å². The Morgan fingerprint density at radius 2 is 1.39 bits per heavy atom. The second-order valence-electron chi connectivity index (χ2n) is 6.78. The summed E-state index contributed by atoms with van der Waals surface area (Å²) in [5.74, 6) is 0. The molecule has 2 aromatic carbocycles. The number of nitrogens with zero attached hydrogens (tertiary/aromatic N) is 2. The minimum Gasteiger partial charge on any atom is -1.00 e. The van der Waals surface area contributed by atoms with E-state index in [1.165, 1.54) is 0 Å². The van der Waals surface area contributed by atoms with Gasteiger partial charge in [-0.3, -0.25) is 0 Å². The van der Waals surface area contributed by atoms with Gasteiger partial charge < -0.3 is 33.4 Å². The zero-order chi connectivity index (χ0) is 15.9. The Bertz CT molecular complexity index is 677. The molecule has 1 aliphatic heterocycles. The molecule has 1 atom stereocenters. The van der Waals surface area contributed by atoms with Crippen LogP contribution in [0.3, 0.4) is 0 Å². The van der Waals surface area contributed by atoms with Gasteiger partial charge in [-0.15, -0.1) is 0 Å². The number of benzene rings is 2. The molecule has 1 heterocycles. The minimum atomic E-state index is -1.09. The Balaban J connectivity index is 0.00000192. The van der Waals surface area contributed by atoms with E-state index in [2.05, 4.69) is 45.1 Å². The van der Waals surface area contributed by atoms with E-state index in [0.717, 1.165) is 32.2 Å². The molecule has 124 valence electrons. The van der Waals surface area contributed by atoms with E-state index >= 15 is 0 Å². The van der Waals surface area contributed by atoms with E-state index in [1.807, 2.05) is 36.4 Å². The van der Waals surface area contributed by atoms with Crippen molar-refractivity contribution >= 4 is 22.2 Å². The van der Waals surface area contributed by atoms with Crippen LogP contribution in [0.4, 0.5) is 11.4 Å². The molecular weight excluding hydrogens is 419 g/mol. The molecule has 0 fully saturated rings. The first-order chi connectivity index (χ1) is 10.4. The third-order valence-electron chi connectivity index (χ3n) is 4.48. The fraction of sp³-hybridized carbons (Fsp3) is 0.333. The van der Waals surface area contributed by atoms with Crippen molar-refractivity contribution < 1.29 is 32.7 Å². The molecule has 2 aromatic rings. The SMILES string of the molecule is CC(CN1c2ccccc2S(=O)c2ccccc21)[N+](C)(C)C.[I-]. The molecule has 0 saturated heterocycles. The maximum Gasteiger partial charge on any atom is 0.104 e. The summed E-state index contributed by atoms with van der Waals surface area (Å²) in [5, 5.41) is 0. The summed E-state index contributed by atoms with van der Waals surface area (Å²) in [6.45, 7) is 3.16. The molecule has 0 amide bonds. The number of halogens is 1. The standard InChI is InChI=1S/C18H23N2OS.HI/c1-14(20(2,3)4)13-19-15-9-5-7-11-17(15)22(21)18-12-8-6-10-16(18)19;/h5-12,14H,13H2,1-4H3;1H/q+1;/p-1. The van der Waals surface area contributed by atoms with Gasteiger partial charge in [-0.25, -0.2) is 4.21 Å². The largest absolute Gasteiger partial charge is 1.00 e. The number of para-hydroxylation sites is 2.